The minimum Gasteiger partial charge on any atom is -0.465 e. The fourth-order valence-electron chi connectivity index (χ4n) is 2.17. The molecular formula is C17H16BrNO6S. The average Bonchev–Trinajstić information content (AvgIpc) is 2.62. The van der Waals surface area contributed by atoms with Gasteiger partial charge >= 0.3 is 11.9 Å². The molecule has 1 N–H and O–H groups in total. The van der Waals surface area contributed by atoms with Crippen LogP contribution in [0.1, 0.15) is 26.3 Å². The van der Waals surface area contributed by atoms with Crippen molar-refractivity contribution < 1.29 is 27.5 Å². The van der Waals surface area contributed by atoms with Gasteiger partial charge in [0.2, 0.25) is 0 Å². The van der Waals surface area contributed by atoms with E-state index in [9.17, 15) is 18.0 Å². The number of methoxy groups -OCH3 is 2. The van der Waals surface area contributed by atoms with Crippen LogP contribution in [0, 0.1) is 6.92 Å². The number of aryl methyl sites for hydroxylation is 1. The molecule has 0 saturated heterocycles. The van der Waals surface area contributed by atoms with E-state index >= 15 is 0 Å². The lowest BCUT2D eigenvalue weighted by Gasteiger charge is -2.14. The quantitative estimate of drug-likeness (QED) is 0.715. The minimum absolute atomic E-state index is 0.0106. The van der Waals surface area contributed by atoms with Gasteiger partial charge in [0.1, 0.15) is 4.90 Å². The van der Waals surface area contributed by atoms with Crippen LogP contribution in [0.4, 0.5) is 5.69 Å². The number of carbonyl (C=O) groups excluding carboxylic acids is 2. The third-order valence-corrected chi connectivity index (χ3v) is 5.53. The lowest BCUT2D eigenvalue weighted by Crippen LogP contribution is -2.19. The number of carbonyl (C=O) groups is 2. The van der Waals surface area contributed by atoms with Gasteiger partial charge in [0, 0.05) is 4.47 Å². The van der Waals surface area contributed by atoms with Crippen LogP contribution in [0.25, 0.3) is 0 Å². The molecule has 0 saturated carbocycles. The van der Waals surface area contributed by atoms with Crippen molar-refractivity contribution in [1.29, 1.82) is 0 Å². The molecule has 26 heavy (non-hydrogen) atoms. The van der Waals surface area contributed by atoms with Crippen molar-refractivity contribution in [3.05, 3.63) is 57.6 Å². The second-order valence-corrected chi connectivity index (χ2v) is 7.79. The Morgan fingerprint density at radius 1 is 1.00 bits per heavy atom. The van der Waals surface area contributed by atoms with Crippen LogP contribution in [0.15, 0.2) is 45.8 Å². The Hall–Kier alpha value is -2.39. The third kappa shape index (κ3) is 4.23. The molecule has 9 heteroatoms. The first-order valence-electron chi connectivity index (χ1n) is 7.29. The van der Waals surface area contributed by atoms with Crippen molar-refractivity contribution in [1.82, 2.24) is 0 Å². The van der Waals surface area contributed by atoms with Gasteiger partial charge in [-0.3, -0.25) is 4.72 Å². The van der Waals surface area contributed by atoms with Gasteiger partial charge in [-0.05, 0) is 58.7 Å². The van der Waals surface area contributed by atoms with Crippen LogP contribution in [0.2, 0.25) is 0 Å². The third-order valence-electron chi connectivity index (χ3n) is 3.47. The summed E-state index contributed by atoms with van der Waals surface area (Å²) in [5.74, 6) is -1.57. The molecular weight excluding hydrogens is 426 g/mol. The number of anilines is 1. The lowest BCUT2D eigenvalue weighted by molar-refractivity contribution is 0.0583. The molecule has 0 unspecified atom stereocenters. The number of benzene rings is 2. The largest absolute Gasteiger partial charge is 0.465 e. The topological polar surface area (TPSA) is 98.8 Å². The van der Waals surface area contributed by atoms with E-state index in [2.05, 4.69) is 30.1 Å². The summed E-state index contributed by atoms with van der Waals surface area (Å²) in [5, 5.41) is 0. The maximum atomic E-state index is 12.9. The maximum Gasteiger partial charge on any atom is 0.339 e. The number of hydrogen-bond donors (Lipinski definition) is 1. The Kier molecular flexibility index (Phi) is 6.04. The van der Waals surface area contributed by atoms with Crippen LogP contribution < -0.4 is 4.72 Å². The van der Waals surface area contributed by atoms with E-state index in [1.807, 2.05) is 6.92 Å². The van der Waals surface area contributed by atoms with Gasteiger partial charge in [-0.1, -0.05) is 6.07 Å². The van der Waals surface area contributed by atoms with Gasteiger partial charge in [-0.2, -0.15) is 0 Å². The van der Waals surface area contributed by atoms with E-state index in [1.165, 1.54) is 19.2 Å². The summed E-state index contributed by atoms with van der Waals surface area (Å²) in [7, 11) is -1.88. The standard InChI is InChI=1S/C17H16BrNO6S/c1-10-4-7-14(13(18)8-10)19-26(22,23)15-9-11(16(20)24-2)5-6-12(15)17(21)25-3/h4-9,19H,1-3H3. The van der Waals surface area contributed by atoms with Crippen LogP contribution in [-0.2, 0) is 19.5 Å². The van der Waals surface area contributed by atoms with Crippen LogP contribution in [0.3, 0.4) is 0 Å². The van der Waals surface area contributed by atoms with Crippen molar-refractivity contribution in [2.75, 3.05) is 18.9 Å². The Labute approximate surface area is 159 Å². The summed E-state index contributed by atoms with van der Waals surface area (Å²) in [6.07, 6.45) is 0. The number of sulfonamides is 1. The molecule has 0 heterocycles. The monoisotopic (exact) mass is 441 g/mol. The molecule has 0 aliphatic carbocycles. The molecule has 0 spiro atoms. The Bertz CT molecular complexity index is 971. The van der Waals surface area contributed by atoms with Gasteiger partial charge in [0.05, 0.1) is 31.0 Å². The molecule has 0 amide bonds. The number of halogens is 1. The zero-order valence-corrected chi connectivity index (χ0v) is 16.6. The first-order chi connectivity index (χ1) is 12.2. The highest BCUT2D eigenvalue weighted by atomic mass is 79.9. The molecule has 0 aromatic heterocycles. The first-order valence-corrected chi connectivity index (χ1v) is 9.57. The highest BCUT2D eigenvalue weighted by Gasteiger charge is 2.26. The average molecular weight is 442 g/mol. The smallest absolute Gasteiger partial charge is 0.339 e. The maximum absolute atomic E-state index is 12.9. The molecule has 0 aliphatic rings. The molecule has 7 nitrogen and oxygen atoms in total. The van der Waals surface area contributed by atoms with Crippen LogP contribution in [0.5, 0.6) is 0 Å². The number of hydrogen-bond acceptors (Lipinski definition) is 6. The fraction of sp³-hybridized carbons (Fsp3) is 0.176. The van der Waals surface area contributed by atoms with E-state index < -0.39 is 22.0 Å². The zero-order valence-electron chi connectivity index (χ0n) is 14.2. The Balaban J connectivity index is 2.58. The van der Waals surface area contributed by atoms with Crippen molar-refractivity contribution in [3.8, 4) is 0 Å². The summed E-state index contributed by atoms with van der Waals surface area (Å²) >= 11 is 3.29. The minimum atomic E-state index is -4.19. The molecule has 2 rings (SSSR count). The van der Waals surface area contributed by atoms with Gasteiger partial charge in [0.25, 0.3) is 10.0 Å². The van der Waals surface area contributed by atoms with Crippen LogP contribution in [-0.4, -0.2) is 34.6 Å². The fourth-order valence-corrected chi connectivity index (χ4v) is 4.19. The molecule has 0 bridgehead atoms. The predicted octanol–water partition coefficient (Wildman–Crippen LogP) is 3.13. The highest BCUT2D eigenvalue weighted by molar-refractivity contribution is 9.10. The number of rotatable bonds is 5. The zero-order chi connectivity index (χ0) is 19.5. The van der Waals surface area contributed by atoms with Crippen LogP contribution >= 0.6 is 15.9 Å². The Morgan fingerprint density at radius 3 is 2.23 bits per heavy atom. The summed E-state index contributed by atoms with van der Waals surface area (Å²) < 4.78 is 37.9. The highest BCUT2D eigenvalue weighted by Crippen LogP contribution is 2.28. The normalized spacial score (nSPS) is 10.9. The molecule has 0 atom stereocenters. The van der Waals surface area contributed by atoms with Gasteiger partial charge in [0.15, 0.2) is 0 Å². The lowest BCUT2D eigenvalue weighted by atomic mass is 10.1. The van der Waals surface area contributed by atoms with Gasteiger partial charge < -0.3 is 9.47 Å². The first kappa shape index (κ1) is 19.9. The Morgan fingerprint density at radius 2 is 1.65 bits per heavy atom. The van der Waals surface area contributed by atoms with E-state index in [-0.39, 0.29) is 21.7 Å². The number of esters is 2. The van der Waals surface area contributed by atoms with Crippen molar-refractivity contribution in [2.24, 2.45) is 0 Å². The van der Waals surface area contributed by atoms with E-state index in [4.69, 9.17) is 0 Å². The molecule has 138 valence electrons. The van der Waals surface area contributed by atoms with Gasteiger partial charge in [-0.15, -0.1) is 0 Å². The van der Waals surface area contributed by atoms with E-state index in [0.717, 1.165) is 18.7 Å². The summed E-state index contributed by atoms with van der Waals surface area (Å²) in [6.45, 7) is 1.86. The second-order valence-electron chi connectivity index (χ2n) is 5.28. The number of ether oxygens (including phenoxy) is 2. The molecule has 0 aliphatic heterocycles. The van der Waals surface area contributed by atoms with Crippen molar-refractivity contribution in [2.45, 2.75) is 11.8 Å². The molecule has 0 radical (unpaired) electrons. The van der Waals surface area contributed by atoms with Crippen molar-refractivity contribution >= 4 is 43.6 Å². The summed E-state index contributed by atoms with van der Waals surface area (Å²) in [6, 6.07) is 8.62. The van der Waals surface area contributed by atoms with E-state index in [1.54, 1.807) is 18.2 Å². The predicted molar refractivity (Wildman–Crippen MR) is 98.8 cm³/mol. The molecule has 2 aromatic rings. The van der Waals surface area contributed by atoms with Crippen molar-refractivity contribution in [3.63, 3.8) is 0 Å². The summed E-state index contributed by atoms with van der Waals surface area (Å²) in [4.78, 5) is 23.3. The molecule has 0 fully saturated rings. The molecule has 2 aromatic carbocycles. The second kappa shape index (κ2) is 7.88. The van der Waals surface area contributed by atoms with E-state index in [0.29, 0.717) is 4.47 Å². The number of nitrogens with one attached hydrogen (secondary N) is 1. The SMILES string of the molecule is COC(=O)c1ccc(C(=O)OC)c(S(=O)(=O)Nc2ccc(C)cc2Br)c1. The summed E-state index contributed by atoms with van der Waals surface area (Å²) in [5.41, 5.74) is 1.01. The van der Waals surface area contributed by atoms with Gasteiger partial charge in [-0.25, -0.2) is 18.0 Å².